The number of nitrogens with two attached hydrogens (primary N) is 1. The summed E-state index contributed by atoms with van der Waals surface area (Å²) in [5.41, 5.74) is 5.54. The summed E-state index contributed by atoms with van der Waals surface area (Å²) in [6.07, 6.45) is 3.52. The Balaban J connectivity index is 1.70. The number of rotatable bonds is 9. The number of nitrogens with zero attached hydrogens (tertiary/aromatic N) is 2. The fourth-order valence-corrected chi connectivity index (χ4v) is 2.07. The average molecular weight is 289 g/mol. The second kappa shape index (κ2) is 8.42. The first-order chi connectivity index (χ1) is 10.3. The van der Waals surface area contributed by atoms with Crippen molar-refractivity contribution in [3.05, 3.63) is 42.0 Å². The van der Waals surface area contributed by atoms with Gasteiger partial charge in [0.25, 0.3) is 0 Å². The van der Waals surface area contributed by atoms with Crippen molar-refractivity contribution >= 4 is 0 Å². The maximum atomic E-state index is 5.61. The average Bonchev–Trinajstić information content (AvgIpc) is 2.95. The second-order valence-electron chi connectivity index (χ2n) is 5.24. The number of para-hydroxylation sites is 1. The number of aryl methyl sites for hydroxylation is 1. The van der Waals surface area contributed by atoms with Gasteiger partial charge in [-0.15, -0.1) is 0 Å². The van der Waals surface area contributed by atoms with E-state index in [9.17, 15) is 0 Å². The van der Waals surface area contributed by atoms with Crippen LogP contribution < -0.4 is 10.5 Å². The smallest absolute Gasteiger partial charge is 0.226 e. The van der Waals surface area contributed by atoms with Gasteiger partial charge in [-0.2, -0.15) is 4.98 Å². The van der Waals surface area contributed by atoms with Crippen LogP contribution in [-0.4, -0.2) is 23.3 Å². The Hall–Kier alpha value is -1.88. The first kappa shape index (κ1) is 15.5. The molecular formula is C16H23N3O2. The van der Waals surface area contributed by atoms with Crippen molar-refractivity contribution in [3.8, 4) is 5.75 Å². The largest absolute Gasteiger partial charge is 0.493 e. The molecule has 0 fully saturated rings. The van der Waals surface area contributed by atoms with Crippen LogP contribution in [-0.2, 0) is 12.8 Å². The van der Waals surface area contributed by atoms with Crippen molar-refractivity contribution < 1.29 is 9.26 Å². The molecule has 2 aromatic rings. The first-order valence-corrected chi connectivity index (χ1v) is 7.47. The molecule has 1 unspecified atom stereocenters. The number of hydrogen-bond donors (Lipinski definition) is 1. The van der Waals surface area contributed by atoms with Crippen LogP contribution in [0.25, 0.3) is 0 Å². The van der Waals surface area contributed by atoms with Crippen molar-refractivity contribution in [1.29, 1.82) is 0 Å². The van der Waals surface area contributed by atoms with E-state index >= 15 is 0 Å². The van der Waals surface area contributed by atoms with Gasteiger partial charge in [-0.1, -0.05) is 30.3 Å². The van der Waals surface area contributed by atoms with Crippen LogP contribution >= 0.6 is 0 Å². The van der Waals surface area contributed by atoms with Gasteiger partial charge >= 0.3 is 0 Å². The molecule has 2 N–H and O–H groups in total. The van der Waals surface area contributed by atoms with E-state index < -0.39 is 0 Å². The lowest BCUT2D eigenvalue weighted by molar-refractivity contribution is 0.313. The molecule has 1 aromatic carbocycles. The molecule has 114 valence electrons. The third-order valence-corrected chi connectivity index (χ3v) is 3.36. The molecule has 0 radical (unpaired) electrons. The zero-order valence-corrected chi connectivity index (χ0v) is 12.5. The van der Waals surface area contributed by atoms with Crippen LogP contribution in [0.3, 0.4) is 0 Å². The molecule has 0 amide bonds. The van der Waals surface area contributed by atoms with E-state index in [1.165, 1.54) is 0 Å². The molecule has 1 aromatic heterocycles. The van der Waals surface area contributed by atoms with Gasteiger partial charge in [0.05, 0.1) is 6.61 Å². The maximum absolute atomic E-state index is 5.61. The van der Waals surface area contributed by atoms with Crippen molar-refractivity contribution in [2.75, 3.05) is 13.2 Å². The summed E-state index contributed by atoms with van der Waals surface area (Å²) >= 11 is 0. The summed E-state index contributed by atoms with van der Waals surface area (Å²) in [7, 11) is 0. The summed E-state index contributed by atoms with van der Waals surface area (Å²) in [5.74, 6) is 2.85. The molecule has 2 rings (SSSR count). The highest BCUT2D eigenvalue weighted by Crippen LogP contribution is 2.12. The Bertz CT molecular complexity index is 513. The Morgan fingerprint density at radius 1 is 1.19 bits per heavy atom. The van der Waals surface area contributed by atoms with Crippen LogP contribution in [0.4, 0.5) is 0 Å². The van der Waals surface area contributed by atoms with Gasteiger partial charge in [-0.25, -0.2) is 0 Å². The summed E-state index contributed by atoms with van der Waals surface area (Å²) in [5, 5.41) is 3.98. The van der Waals surface area contributed by atoms with Crippen molar-refractivity contribution in [2.45, 2.75) is 32.6 Å². The van der Waals surface area contributed by atoms with Crippen LogP contribution in [0.15, 0.2) is 34.9 Å². The number of hydrogen-bond acceptors (Lipinski definition) is 5. The minimum absolute atomic E-state index is 0.548. The van der Waals surface area contributed by atoms with Crippen LogP contribution in [0.5, 0.6) is 5.75 Å². The minimum atomic E-state index is 0.548. The van der Waals surface area contributed by atoms with Gasteiger partial charge in [-0.3, -0.25) is 0 Å². The van der Waals surface area contributed by atoms with E-state index in [0.717, 1.165) is 31.6 Å². The predicted octanol–water partition coefficient (Wildman–Crippen LogP) is 2.61. The molecule has 1 atom stereocenters. The molecule has 21 heavy (non-hydrogen) atoms. The molecule has 0 aliphatic heterocycles. The fourth-order valence-electron chi connectivity index (χ4n) is 2.07. The van der Waals surface area contributed by atoms with E-state index in [1.54, 1.807) is 0 Å². The second-order valence-corrected chi connectivity index (χ2v) is 5.24. The third-order valence-electron chi connectivity index (χ3n) is 3.36. The molecule has 0 bridgehead atoms. The highest BCUT2D eigenvalue weighted by atomic mass is 16.5. The molecule has 0 aliphatic carbocycles. The standard InChI is InChI=1S/C16H23N3O2/c1-13(9-11-17)7-8-16-18-15(19-21-16)10-12-20-14-5-3-2-4-6-14/h2-6,13H,7-12,17H2,1H3. The monoisotopic (exact) mass is 289 g/mol. The molecule has 0 spiro atoms. The zero-order chi connectivity index (χ0) is 14.9. The minimum Gasteiger partial charge on any atom is -0.493 e. The maximum Gasteiger partial charge on any atom is 0.226 e. The molecular weight excluding hydrogens is 266 g/mol. The molecule has 5 nitrogen and oxygen atoms in total. The van der Waals surface area contributed by atoms with Gasteiger partial charge in [0.15, 0.2) is 5.82 Å². The van der Waals surface area contributed by atoms with Gasteiger partial charge in [-0.05, 0) is 37.4 Å². The van der Waals surface area contributed by atoms with Crippen molar-refractivity contribution in [2.24, 2.45) is 11.7 Å². The van der Waals surface area contributed by atoms with Crippen LogP contribution in [0, 0.1) is 5.92 Å². The SMILES string of the molecule is CC(CCN)CCc1nc(CCOc2ccccc2)no1. The van der Waals surface area contributed by atoms with E-state index in [-0.39, 0.29) is 0 Å². The number of benzene rings is 1. The predicted molar refractivity (Wildman–Crippen MR) is 81.1 cm³/mol. The van der Waals surface area contributed by atoms with Crippen molar-refractivity contribution in [1.82, 2.24) is 10.1 Å². The Morgan fingerprint density at radius 3 is 2.76 bits per heavy atom. The third kappa shape index (κ3) is 5.55. The Morgan fingerprint density at radius 2 is 2.00 bits per heavy atom. The molecule has 5 heteroatoms. The Kier molecular flexibility index (Phi) is 6.22. The van der Waals surface area contributed by atoms with Crippen LogP contribution in [0.1, 0.15) is 31.5 Å². The summed E-state index contributed by atoms with van der Waals surface area (Å²) < 4.78 is 10.9. The first-order valence-electron chi connectivity index (χ1n) is 7.47. The highest BCUT2D eigenvalue weighted by Gasteiger charge is 2.09. The molecule has 1 heterocycles. The van der Waals surface area contributed by atoms with E-state index in [1.807, 2.05) is 30.3 Å². The van der Waals surface area contributed by atoms with E-state index in [0.29, 0.717) is 30.7 Å². The number of ether oxygens (including phenoxy) is 1. The lowest BCUT2D eigenvalue weighted by Crippen LogP contribution is -2.06. The summed E-state index contributed by atoms with van der Waals surface area (Å²) in [6, 6.07) is 9.72. The fraction of sp³-hybridized carbons (Fsp3) is 0.500. The van der Waals surface area contributed by atoms with Gasteiger partial charge in [0, 0.05) is 12.8 Å². The Labute approximate surface area is 125 Å². The normalized spacial score (nSPS) is 12.3. The molecule has 0 aliphatic rings. The summed E-state index contributed by atoms with van der Waals surface area (Å²) in [4.78, 5) is 4.38. The topological polar surface area (TPSA) is 74.2 Å². The molecule has 0 saturated carbocycles. The van der Waals surface area contributed by atoms with Crippen molar-refractivity contribution in [3.63, 3.8) is 0 Å². The quantitative estimate of drug-likeness (QED) is 0.768. The van der Waals surface area contributed by atoms with Gasteiger partial charge in [0.1, 0.15) is 5.75 Å². The van der Waals surface area contributed by atoms with E-state index in [4.69, 9.17) is 15.0 Å². The lowest BCUT2D eigenvalue weighted by Gasteiger charge is -2.06. The van der Waals surface area contributed by atoms with Gasteiger partial charge in [0.2, 0.25) is 5.89 Å². The molecule has 0 saturated heterocycles. The number of aromatic nitrogens is 2. The van der Waals surface area contributed by atoms with Crippen LogP contribution in [0.2, 0.25) is 0 Å². The van der Waals surface area contributed by atoms with E-state index in [2.05, 4.69) is 17.1 Å². The lowest BCUT2D eigenvalue weighted by atomic mass is 10.0. The zero-order valence-electron chi connectivity index (χ0n) is 12.5. The summed E-state index contributed by atoms with van der Waals surface area (Å²) in [6.45, 7) is 3.47. The highest BCUT2D eigenvalue weighted by molar-refractivity contribution is 5.20. The van der Waals surface area contributed by atoms with Gasteiger partial charge < -0.3 is 15.0 Å².